The molecule has 1 aliphatic rings. The predicted octanol–water partition coefficient (Wildman–Crippen LogP) is 3.82. The van der Waals surface area contributed by atoms with Crippen LogP contribution >= 0.6 is 40.7 Å². The fourth-order valence-corrected chi connectivity index (χ4v) is 2.94. The van der Waals surface area contributed by atoms with Crippen LogP contribution in [0, 0.1) is 0 Å². The molecule has 0 aromatic carbocycles. The summed E-state index contributed by atoms with van der Waals surface area (Å²) in [5.74, 6) is 0. The molecular weight excluding hydrogens is 361 g/mol. The van der Waals surface area contributed by atoms with Crippen molar-refractivity contribution in [3.05, 3.63) is 28.5 Å². The lowest BCUT2D eigenvalue weighted by Gasteiger charge is -2.35. The van der Waals surface area contributed by atoms with Crippen molar-refractivity contribution in [3.8, 4) is 0 Å². The molecule has 1 aromatic heterocycles. The minimum atomic E-state index is 0. The van der Waals surface area contributed by atoms with Crippen LogP contribution in [0.25, 0.3) is 0 Å². The van der Waals surface area contributed by atoms with Gasteiger partial charge in [0.25, 0.3) is 0 Å². The smallest absolute Gasteiger partial charge is 0.0410 e. The zero-order chi connectivity index (χ0) is 12.8. The number of hydrogen-bond donors (Lipinski definition) is 1. The molecule has 1 saturated heterocycles. The maximum atomic E-state index is 4.32. The van der Waals surface area contributed by atoms with Crippen LogP contribution in [-0.4, -0.2) is 36.1 Å². The van der Waals surface area contributed by atoms with Gasteiger partial charge in [-0.05, 0) is 34.0 Å². The molecular formula is C14H24BrCl2N3. The van der Waals surface area contributed by atoms with E-state index in [1.807, 2.05) is 12.4 Å². The van der Waals surface area contributed by atoms with Crippen LogP contribution < -0.4 is 5.32 Å². The van der Waals surface area contributed by atoms with E-state index >= 15 is 0 Å². The second kappa shape index (κ2) is 10.8. The lowest BCUT2D eigenvalue weighted by Crippen LogP contribution is -2.45. The number of nitrogens with one attached hydrogen (secondary N) is 1. The van der Waals surface area contributed by atoms with Gasteiger partial charge in [0.05, 0.1) is 0 Å². The first-order chi connectivity index (χ1) is 8.81. The number of nitrogens with zero attached hydrogens (tertiary/aromatic N) is 2. The molecule has 116 valence electrons. The Labute approximate surface area is 142 Å². The molecule has 20 heavy (non-hydrogen) atoms. The highest BCUT2D eigenvalue weighted by molar-refractivity contribution is 9.10. The molecule has 0 aliphatic carbocycles. The summed E-state index contributed by atoms with van der Waals surface area (Å²) in [6.07, 6.45) is 7.64. The highest BCUT2D eigenvalue weighted by Crippen LogP contribution is 2.27. The Kier molecular flexibility index (Phi) is 10.9. The highest BCUT2D eigenvalue weighted by atomic mass is 79.9. The van der Waals surface area contributed by atoms with Gasteiger partial charge in [0.1, 0.15) is 0 Å². The Morgan fingerprint density at radius 1 is 1.30 bits per heavy atom. The molecule has 2 rings (SSSR count). The zero-order valence-electron chi connectivity index (χ0n) is 11.8. The molecule has 0 amide bonds. The molecule has 1 atom stereocenters. The first kappa shape index (κ1) is 20.1. The summed E-state index contributed by atoms with van der Waals surface area (Å²) in [6, 6.07) is 2.74. The molecule has 1 N–H and O–H groups in total. The van der Waals surface area contributed by atoms with Crippen molar-refractivity contribution in [2.24, 2.45) is 0 Å². The third-order valence-electron chi connectivity index (χ3n) is 3.53. The van der Waals surface area contributed by atoms with E-state index in [1.165, 1.54) is 24.8 Å². The monoisotopic (exact) mass is 383 g/mol. The fraction of sp³-hybridized carbons (Fsp3) is 0.643. The summed E-state index contributed by atoms with van der Waals surface area (Å²) < 4.78 is 1.08. The van der Waals surface area contributed by atoms with Crippen LogP contribution in [0.2, 0.25) is 0 Å². The number of piperazine rings is 1. The van der Waals surface area contributed by atoms with Crippen molar-refractivity contribution in [2.45, 2.75) is 32.2 Å². The number of rotatable bonds is 5. The first-order valence-electron chi connectivity index (χ1n) is 6.86. The minimum Gasteiger partial charge on any atom is -0.314 e. The lowest BCUT2D eigenvalue weighted by atomic mass is 10.0. The largest absolute Gasteiger partial charge is 0.314 e. The molecule has 0 radical (unpaired) electrons. The van der Waals surface area contributed by atoms with E-state index in [1.54, 1.807) is 0 Å². The van der Waals surface area contributed by atoms with Gasteiger partial charge in [0.2, 0.25) is 0 Å². The topological polar surface area (TPSA) is 28.2 Å². The Morgan fingerprint density at radius 2 is 2.00 bits per heavy atom. The van der Waals surface area contributed by atoms with E-state index in [0.717, 1.165) is 30.7 Å². The number of unbranched alkanes of at least 4 members (excludes halogenated alkanes) is 1. The van der Waals surface area contributed by atoms with Crippen LogP contribution in [0.4, 0.5) is 0 Å². The van der Waals surface area contributed by atoms with Gasteiger partial charge in [-0.2, -0.15) is 0 Å². The lowest BCUT2D eigenvalue weighted by molar-refractivity contribution is 0.163. The second-order valence-electron chi connectivity index (χ2n) is 4.88. The molecule has 2 heterocycles. The summed E-state index contributed by atoms with van der Waals surface area (Å²) in [5.41, 5.74) is 1.35. The molecule has 0 unspecified atom stereocenters. The van der Waals surface area contributed by atoms with Gasteiger partial charge in [-0.15, -0.1) is 24.8 Å². The normalized spacial score (nSPS) is 16.9. The minimum absolute atomic E-state index is 0. The van der Waals surface area contributed by atoms with Crippen LogP contribution in [0.5, 0.6) is 0 Å². The second-order valence-corrected chi connectivity index (χ2v) is 5.80. The Morgan fingerprint density at radius 3 is 2.60 bits per heavy atom. The van der Waals surface area contributed by atoms with Gasteiger partial charge in [-0.1, -0.05) is 19.8 Å². The summed E-state index contributed by atoms with van der Waals surface area (Å²) in [5, 5.41) is 3.42. The van der Waals surface area contributed by atoms with Crippen LogP contribution in [0.1, 0.15) is 37.8 Å². The average molecular weight is 385 g/mol. The van der Waals surface area contributed by atoms with E-state index in [4.69, 9.17) is 0 Å². The molecule has 1 fully saturated rings. The van der Waals surface area contributed by atoms with Crippen molar-refractivity contribution < 1.29 is 0 Å². The molecule has 0 bridgehead atoms. The van der Waals surface area contributed by atoms with Crippen molar-refractivity contribution >= 4 is 40.7 Å². The zero-order valence-corrected chi connectivity index (χ0v) is 15.1. The Bertz CT molecular complexity index is 373. The van der Waals surface area contributed by atoms with E-state index < -0.39 is 0 Å². The maximum absolute atomic E-state index is 4.32. The summed E-state index contributed by atoms with van der Waals surface area (Å²) in [7, 11) is 0. The molecule has 1 aromatic rings. The fourth-order valence-electron chi connectivity index (χ4n) is 2.56. The molecule has 3 nitrogen and oxygen atoms in total. The molecule has 1 aliphatic heterocycles. The predicted molar refractivity (Wildman–Crippen MR) is 93.1 cm³/mol. The number of hydrogen-bond acceptors (Lipinski definition) is 3. The first-order valence-corrected chi connectivity index (χ1v) is 7.65. The van der Waals surface area contributed by atoms with Crippen LogP contribution in [-0.2, 0) is 0 Å². The summed E-state index contributed by atoms with van der Waals surface area (Å²) in [6.45, 7) is 6.74. The van der Waals surface area contributed by atoms with Crippen molar-refractivity contribution in [1.82, 2.24) is 15.2 Å². The average Bonchev–Trinajstić information content (AvgIpc) is 2.40. The van der Waals surface area contributed by atoms with Gasteiger partial charge in [0, 0.05) is 49.1 Å². The summed E-state index contributed by atoms with van der Waals surface area (Å²) >= 11 is 3.53. The quantitative estimate of drug-likeness (QED) is 0.836. The van der Waals surface area contributed by atoms with Gasteiger partial charge in [-0.3, -0.25) is 9.88 Å². The van der Waals surface area contributed by atoms with E-state index in [9.17, 15) is 0 Å². The van der Waals surface area contributed by atoms with E-state index in [-0.39, 0.29) is 24.8 Å². The van der Waals surface area contributed by atoms with Crippen molar-refractivity contribution in [3.63, 3.8) is 0 Å². The SMILES string of the molecule is CCCC[C@@H](c1cncc(Br)c1)N1CCNCC1.Cl.Cl. The third-order valence-corrected chi connectivity index (χ3v) is 3.97. The number of aromatic nitrogens is 1. The van der Waals surface area contributed by atoms with Crippen molar-refractivity contribution in [2.75, 3.05) is 26.2 Å². The Balaban J connectivity index is 0.00000180. The van der Waals surface area contributed by atoms with Crippen LogP contribution in [0.15, 0.2) is 22.9 Å². The van der Waals surface area contributed by atoms with Gasteiger partial charge < -0.3 is 5.32 Å². The Hall–Kier alpha value is 0.130. The number of pyridine rings is 1. The standard InChI is InChI=1S/C14H22BrN3.2ClH/c1-2-3-4-14(18-7-5-16-6-8-18)12-9-13(15)11-17-10-12;;/h9-11,14,16H,2-8H2,1H3;2*1H/t14-;;/m0../s1. The van der Waals surface area contributed by atoms with E-state index in [0.29, 0.717) is 6.04 Å². The maximum Gasteiger partial charge on any atom is 0.0410 e. The van der Waals surface area contributed by atoms with Crippen molar-refractivity contribution in [1.29, 1.82) is 0 Å². The molecule has 0 saturated carbocycles. The third kappa shape index (κ3) is 5.86. The number of halogens is 3. The van der Waals surface area contributed by atoms with Gasteiger partial charge in [0.15, 0.2) is 0 Å². The van der Waals surface area contributed by atoms with Crippen LogP contribution in [0.3, 0.4) is 0 Å². The highest BCUT2D eigenvalue weighted by Gasteiger charge is 2.21. The van der Waals surface area contributed by atoms with Gasteiger partial charge in [-0.25, -0.2) is 0 Å². The van der Waals surface area contributed by atoms with E-state index in [2.05, 4.69) is 44.1 Å². The molecule has 6 heteroatoms. The molecule has 0 spiro atoms. The summed E-state index contributed by atoms with van der Waals surface area (Å²) in [4.78, 5) is 6.91. The van der Waals surface area contributed by atoms with Gasteiger partial charge >= 0.3 is 0 Å².